The molecule has 0 saturated carbocycles. The van der Waals surface area contributed by atoms with Crippen LogP contribution in [0.5, 0.6) is 0 Å². The predicted molar refractivity (Wildman–Crippen MR) is 125 cm³/mol. The fourth-order valence-corrected chi connectivity index (χ4v) is 5.89. The number of pyridine rings is 1. The van der Waals surface area contributed by atoms with Crippen LogP contribution in [0, 0.1) is 5.92 Å². The monoisotopic (exact) mass is 508 g/mol. The van der Waals surface area contributed by atoms with Gasteiger partial charge in [0.2, 0.25) is 10.0 Å². The highest BCUT2D eigenvalue weighted by Crippen LogP contribution is 2.32. The Balaban J connectivity index is 1.19. The summed E-state index contributed by atoms with van der Waals surface area (Å²) in [5.41, 5.74) is 0.371. The lowest BCUT2D eigenvalue weighted by atomic mass is 9.92. The maximum atomic E-state index is 13.0. The van der Waals surface area contributed by atoms with E-state index in [-0.39, 0.29) is 23.9 Å². The van der Waals surface area contributed by atoms with Crippen molar-refractivity contribution in [1.82, 2.24) is 19.6 Å². The van der Waals surface area contributed by atoms with Gasteiger partial charge in [-0.25, -0.2) is 8.42 Å². The normalized spacial score (nSPS) is 16.0. The molecule has 3 aromatic rings. The number of nitrogens with zero attached hydrogens (tertiary/aromatic N) is 2. The number of hydrogen-bond acceptors (Lipinski definition) is 4. The van der Waals surface area contributed by atoms with Gasteiger partial charge < -0.3 is 10.3 Å². The molecule has 0 radical (unpaired) electrons. The fraction of sp³-hybridized carbons (Fsp3) is 0.417. The van der Waals surface area contributed by atoms with E-state index in [4.69, 9.17) is 0 Å². The molecule has 0 unspecified atom stereocenters. The van der Waals surface area contributed by atoms with Gasteiger partial charge in [0.1, 0.15) is 5.69 Å². The molecule has 11 heteroatoms. The van der Waals surface area contributed by atoms with Crippen LogP contribution in [0.2, 0.25) is 0 Å². The third-order valence-corrected chi connectivity index (χ3v) is 8.26. The molecule has 3 heterocycles. The molecule has 35 heavy (non-hydrogen) atoms. The van der Waals surface area contributed by atoms with E-state index < -0.39 is 21.8 Å². The van der Waals surface area contributed by atoms with Crippen LogP contribution in [0.15, 0.2) is 53.7 Å². The molecule has 0 atom stereocenters. The predicted octanol–water partition coefficient (Wildman–Crippen LogP) is 4.58. The number of carbonyl (C=O) groups is 1. The number of hydrogen-bond donors (Lipinski definition) is 2. The van der Waals surface area contributed by atoms with Gasteiger partial charge in [0.15, 0.2) is 0 Å². The molecule has 1 aromatic carbocycles. The standard InChI is InChI=1S/C24H27F3N4O3S/c25-24(26,27)19-5-3-6-20(15-19)35(33,34)31-12-8-17(9-13-31)4-1-2-10-29-23(32)22-14-18-16-28-11-7-21(18)30-22/h3,5-7,11,14-17,30H,1-2,4,8-10,12-13H2,(H,29,32). The molecule has 0 spiro atoms. The number of aromatic nitrogens is 2. The van der Waals surface area contributed by atoms with Crippen molar-refractivity contribution < 1.29 is 26.4 Å². The Labute approximate surface area is 201 Å². The van der Waals surface area contributed by atoms with Crippen LogP contribution < -0.4 is 5.32 Å². The van der Waals surface area contributed by atoms with Gasteiger partial charge in [-0.2, -0.15) is 17.5 Å². The van der Waals surface area contributed by atoms with E-state index in [1.807, 2.05) is 6.07 Å². The highest BCUT2D eigenvalue weighted by atomic mass is 32.2. The first-order valence-corrected chi connectivity index (χ1v) is 13.0. The molecular weight excluding hydrogens is 481 g/mol. The van der Waals surface area contributed by atoms with Gasteiger partial charge in [-0.1, -0.05) is 18.9 Å². The van der Waals surface area contributed by atoms with E-state index in [2.05, 4.69) is 15.3 Å². The summed E-state index contributed by atoms with van der Waals surface area (Å²) < 4.78 is 65.8. The number of sulfonamides is 1. The Morgan fingerprint density at radius 2 is 1.91 bits per heavy atom. The van der Waals surface area contributed by atoms with Gasteiger partial charge in [-0.3, -0.25) is 9.78 Å². The van der Waals surface area contributed by atoms with E-state index >= 15 is 0 Å². The topological polar surface area (TPSA) is 95.2 Å². The molecule has 2 N–H and O–H groups in total. The van der Waals surface area contributed by atoms with Crippen molar-refractivity contribution in [3.05, 3.63) is 60.0 Å². The summed E-state index contributed by atoms with van der Waals surface area (Å²) in [5.74, 6) is 0.175. The quantitative estimate of drug-likeness (QED) is 0.436. The number of amides is 1. The van der Waals surface area contributed by atoms with Crippen LogP contribution in [0.25, 0.3) is 10.9 Å². The Kier molecular flexibility index (Phi) is 7.46. The third-order valence-electron chi connectivity index (χ3n) is 6.36. The Bertz CT molecular complexity index is 1250. The highest BCUT2D eigenvalue weighted by Gasteiger charge is 2.34. The molecule has 2 aromatic heterocycles. The van der Waals surface area contributed by atoms with Crippen LogP contribution in [0.1, 0.15) is 48.2 Å². The minimum Gasteiger partial charge on any atom is -0.351 e. The van der Waals surface area contributed by atoms with Crippen molar-refractivity contribution in [3.8, 4) is 0 Å². The SMILES string of the molecule is O=C(NCCCCC1CCN(S(=O)(=O)c2cccc(C(F)(F)F)c2)CC1)c1cc2cnccc2[nH]1. The maximum absolute atomic E-state index is 13.0. The molecule has 188 valence electrons. The molecule has 4 rings (SSSR count). The summed E-state index contributed by atoms with van der Waals surface area (Å²) in [6, 6.07) is 7.46. The summed E-state index contributed by atoms with van der Waals surface area (Å²) in [7, 11) is -3.96. The zero-order chi connectivity index (χ0) is 25.1. The number of H-pyrrole nitrogens is 1. The van der Waals surface area contributed by atoms with Crippen LogP contribution in [-0.4, -0.2) is 48.2 Å². The molecule has 7 nitrogen and oxygen atoms in total. The van der Waals surface area contributed by atoms with Crippen molar-refractivity contribution in [2.75, 3.05) is 19.6 Å². The lowest BCUT2D eigenvalue weighted by Gasteiger charge is -2.31. The number of piperidine rings is 1. The number of alkyl halides is 3. The molecule has 1 amide bonds. The van der Waals surface area contributed by atoms with Crippen molar-refractivity contribution in [2.24, 2.45) is 5.92 Å². The van der Waals surface area contributed by atoms with Crippen LogP contribution in [0.4, 0.5) is 13.2 Å². The van der Waals surface area contributed by atoms with Crippen LogP contribution in [0.3, 0.4) is 0 Å². The molecule has 1 fully saturated rings. The van der Waals surface area contributed by atoms with E-state index in [9.17, 15) is 26.4 Å². The lowest BCUT2D eigenvalue weighted by molar-refractivity contribution is -0.137. The van der Waals surface area contributed by atoms with Gasteiger partial charge in [0.25, 0.3) is 5.91 Å². The lowest BCUT2D eigenvalue weighted by Crippen LogP contribution is -2.38. The summed E-state index contributed by atoms with van der Waals surface area (Å²) in [6.07, 6.45) is 2.68. The molecule has 0 aliphatic carbocycles. The van der Waals surface area contributed by atoms with Gasteiger partial charge in [-0.05, 0) is 55.5 Å². The van der Waals surface area contributed by atoms with Gasteiger partial charge in [-0.15, -0.1) is 0 Å². The minimum atomic E-state index is -4.59. The van der Waals surface area contributed by atoms with E-state index in [1.54, 1.807) is 18.5 Å². The Hall–Kier alpha value is -2.92. The summed E-state index contributed by atoms with van der Waals surface area (Å²) in [6.45, 7) is 1.11. The molecule has 1 aliphatic rings. The Morgan fingerprint density at radius 3 is 2.63 bits per heavy atom. The van der Waals surface area contributed by atoms with Crippen LogP contribution >= 0.6 is 0 Å². The first-order chi connectivity index (χ1) is 16.6. The number of benzene rings is 1. The summed E-state index contributed by atoms with van der Waals surface area (Å²) in [5, 5.41) is 3.77. The molecule has 0 bridgehead atoms. The second kappa shape index (κ2) is 10.4. The number of unbranched alkanes of at least 4 members (excludes halogenated alkanes) is 1. The van der Waals surface area contributed by atoms with Crippen molar-refractivity contribution in [3.63, 3.8) is 0 Å². The number of rotatable bonds is 8. The summed E-state index contributed by atoms with van der Waals surface area (Å²) >= 11 is 0. The maximum Gasteiger partial charge on any atom is 0.416 e. The first kappa shape index (κ1) is 25.2. The molecule has 1 aliphatic heterocycles. The zero-order valence-electron chi connectivity index (χ0n) is 19.0. The molecule has 1 saturated heterocycles. The average molecular weight is 509 g/mol. The zero-order valence-corrected chi connectivity index (χ0v) is 19.8. The van der Waals surface area contributed by atoms with Crippen molar-refractivity contribution in [2.45, 2.75) is 43.2 Å². The van der Waals surface area contributed by atoms with Crippen molar-refractivity contribution in [1.29, 1.82) is 0 Å². The first-order valence-electron chi connectivity index (χ1n) is 11.5. The van der Waals surface area contributed by atoms with Gasteiger partial charge in [0, 0.05) is 42.9 Å². The number of aromatic amines is 1. The second-order valence-corrected chi connectivity index (χ2v) is 10.7. The van der Waals surface area contributed by atoms with Crippen LogP contribution in [-0.2, 0) is 16.2 Å². The summed E-state index contributed by atoms with van der Waals surface area (Å²) in [4.78, 5) is 19.1. The largest absolute Gasteiger partial charge is 0.416 e. The smallest absolute Gasteiger partial charge is 0.351 e. The van der Waals surface area contributed by atoms with Gasteiger partial charge >= 0.3 is 6.18 Å². The van der Waals surface area contributed by atoms with E-state index in [1.165, 1.54) is 10.4 Å². The number of nitrogens with one attached hydrogen (secondary N) is 2. The number of fused-ring (bicyclic) bond motifs is 1. The Morgan fingerprint density at radius 1 is 1.14 bits per heavy atom. The number of carbonyl (C=O) groups excluding carboxylic acids is 1. The number of halogens is 3. The molecular formula is C24H27F3N4O3S. The fourth-order valence-electron chi connectivity index (χ4n) is 4.37. The average Bonchev–Trinajstić information content (AvgIpc) is 3.28. The highest BCUT2D eigenvalue weighted by molar-refractivity contribution is 7.89. The van der Waals surface area contributed by atoms with Crippen molar-refractivity contribution >= 4 is 26.8 Å². The minimum absolute atomic E-state index is 0.172. The van der Waals surface area contributed by atoms with E-state index in [0.29, 0.717) is 37.1 Å². The van der Waals surface area contributed by atoms with E-state index in [0.717, 1.165) is 42.3 Å². The third kappa shape index (κ3) is 6.02. The van der Waals surface area contributed by atoms with Gasteiger partial charge in [0.05, 0.1) is 10.5 Å². The second-order valence-electron chi connectivity index (χ2n) is 8.77.